The maximum atomic E-state index is 12.2. The van der Waals surface area contributed by atoms with E-state index in [1.165, 1.54) is 18.2 Å². The Labute approximate surface area is 132 Å². The second kappa shape index (κ2) is 7.65. The minimum absolute atomic E-state index is 0.0368. The summed E-state index contributed by atoms with van der Waals surface area (Å²) in [7, 11) is 0. The van der Waals surface area contributed by atoms with Crippen molar-refractivity contribution in [2.75, 3.05) is 39.3 Å². The lowest BCUT2D eigenvalue weighted by Crippen LogP contribution is -2.49. The summed E-state index contributed by atoms with van der Waals surface area (Å²) in [6.07, 6.45) is -4.71. The Hall–Kier alpha value is -1.80. The molecule has 23 heavy (non-hydrogen) atoms. The third-order valence-corrected chi connectivity index (χ3v) is 3.63. The average molecular weight is 332 g/mol. The van der Waals surface area contributed by atoms with Crippen molar-refractivity contribution in [1.82, 2.24) is 9.80 Å². The number of hydrogen-bond acceptors (Lipinski definition) is 4. The number of amides is 1. The fourth-order valence-electron chi connectivity index (χ4n) is 2.50. The topological polar surface area (TPSA) is 53.0 Å². The van der Waals surface area contributed by atoms with Gasteiger partial charge in [-0.15, -0.1) is 13.2 Å². The van der Waals surface area contributed by atoms with E-state index in [9.17, 15) is 18.0 Å². The maximum Gasteiger partial charge on any atom is 0.573 e. The number of β-amino-alcohol motifs (C(OH)–C–C–N with tert-alkyl or cyclic N) is 1. The third kappa shape index (κ3) is 5.72. The molecule has 1 N–H and O–H groups in total. The molecule has 1 aliphatic heterocycles. The van der Waals surface area contributed by atoms with Gasteiger partial charge < -0.3 is 14.7 Å². The fourth-order valence-corrected chi connectivity index (χ4v) is 2.50. The molecule has 1 aliphatic rings. The van der Waals surface area contributed by atoms with Crippen LogP contribution < -0.4 is 4.74 Å². The van der Waals surface area contributed by atoms with E-state index in [4.69, 9.17) is 5.11 Å². The van der Waals surface area contributed by atoms with Gasteiger partial charge in [0.25, 0.3) is 0 Å². The number of carbonyl (C=O) groups is 1. The van der Waals surface area contributed by atoms with Crippen molar-refractivity contribution in [3.63, 3.8) is 0 Å². The number of aliphatic hydroxyl groups is 1. The molecule has 1 aromatic carbocycles. The highest BCUT2D eigenvalue weighted by Crippen LogP contribution is 2.23. The molecule has 0 aliphatic carbocycles. The molecule has 0 atom stereocenters. The summed E-state index contributed by atoms with van der Waals surface area (Å²) in [5.74, 6) is -0.451. The van der Waals surface area contributed by atoms with E-state index in [1.54, 1.807) is 11.0 Å². The van der Waals surface area contributed by atoms with Crippen LogP contribution in [-0.4, -0.2) is 66.5 Å². The Balaban J connectivity index is 1.89. The van der Waals surface area contributed by atoms with Crippen LogP contribution in [0.2, 0.25) is 0 Å². The zero-order valence-electron chi connectivity index (χ0n) is 12.6. The minimum Gasteiger partial charge on any atom is -0.406 e. The summed E-state index contributed by atoms with van der Waals surface area (Å²) < 4.78 is 40.5. The number of hydrogen-bond donors (Lipinski definition) is 1. The van der Waals surface area contributed by atoms with Gasteiger partial charge in [-0.2, -0.15) is 0 Å². The summed E-state index contributed by atoms with van der Waals surface area (Å²) in [5, 5.41) is 8.88. The number of nitrogens with zero attached hydrogens (tertiary/aromatic N) is 2. The van der Waals surface area contributed by atoms with Gasteiger partial charge >= 0.3 is 6.36 Å². The van der Waals surface area contributed by atoms with Gasteiger partial charge in [-0.1, -0.05) is 12.1 Å². The van der Waals surface area contributed by atoms with E-state index in [-0.39, 0.29) is 24.7 Å². The van der Waals surface area contributed by atoms with Crippen molar-refractivity contribution >= 4 is 5.91 Å². The molecule has 1 saturated heterocycles. The molecule has 1 heterocycles. The van der Waals surface area contributed by atoms with E-state index < -0.39 is 6.36 Å². The van der Waals surface area contributed by atoms with Crippen molar-refractivity contribution < 1.29 is 27.8 Å². The van der Waals surface area contributed by atoms with E-state index >= 15 is 0 Å². The van der Waals surface area contributed by atoms with Gasteiger partial charge in [-0.25, -0.2) is 0 Å². The highest BCUT2D eigenvalue weighted by atomic mass is 19.4. The number of aliphatic hydroxyl groups excluding tert-OH is 1. The van der Waals surface area contributed by atoms with Crippen molar-refractivity contribution in [2.24, 2.45) is 0 Å². The Kier molecular flexibility index (Phi) is 5.84. The van der Waals surface area contributed by atoms with E-state index in [2.05, 4.69) is 9.64 Å². The Morgan fingerprint density at radius 2 is 1.91 bits per heavy atom. The van der Waals surface area contributed by atoms with Crippen LogP contribution in [0.1, 0.15) is 5.56 Å². The van der Waals surface area contributed by atoms with Crippen LogP contribution in [0.5, 0.6) is 5.75 Å². The molecule has 0 saturated carbocycles. The van der Waals surface area contributed by atoms with Crippen molar-refractivity contribution in [3.05, 3.63) is 29.8 Å². The summed E-state index contributed by atoms with van der Waals surface area (Å²) >= 11 is 0. The standard InChI is InChI=1S/C15H19F3N2O3/c16-15(17,18)23-13-3-1-2-12(10-13)11-14(22)20-6-4-19(5-7-20)8-9-21/h1-3,10,21H,4-9,11H2. The monoisotopic (exact) mass is 332 g/mol. The number of ether oxygens (including phenoxy) is 1. The van der Waals surface area contributed by atoms with Gasteiger partial charge in [-0.05, 0) is 17.7 Å². The molecule has 0 spiro atoms. The second-order valence-corrected chi connectivity index (χ2v) is 5.32. The highest BCUT2D eigenvalue weighted by Gasteiger charge is 2.31. The molecular formula is C15H19F3N2O3. The molecule has 0 unspecified atom stereocenters. The van der Waals surface area contributed by atoms with Crippen molar-refractivity contribution in [3.8, 4) is 5.75 Å². The summed E-state index contributed by atoms with van der Waals surface area (Å²) in [4.78, 5) is 16.0. The van der Waals surface area contributed by atoms with Gasteiger partial charge in [0.1, 0.15) is 5.75 Å². The predicted octanol–water partition coefficient (Wildman–Crippen LogP) is 1.26. The normalized spacial score (nSPS) is 16.4. The van der Waals surface area contributed by atoms with E-state index in [1.807, 2.05) is 0 Å². The molecule has 1 amide bonds. The molecule has 1 fully saturated rings. The third-order valence-electron chi connectivity index (χ3n) is 3.63. The number of rotatable bonds is 5. The largest absolute Gasteiger partial charge is 0.573 e. The molecule has 2 rings (SSSR count). The van der Waals surface area contributed by atoms with Crippen LogP contribution in [0, 0.1) is 0 Å². The first-order valence-corrected chi connectivity index (χ1v) is 7.33. The zero-order valence-corrected chi connectivity index (χ0v) is 12.6. The van der Waals surface area contributed by atoms with Crippen LogP contribution in [-0.2, 0) is 11.2 Å². The van der Waals surface area contributed by atoms with Gasteiger partial charge in [0.15, 0.2) is 0 Å². The average Bonchev–Trinajstić information content (AvgIpc) is 2.47. The first-order valence-electron chi connectivity index (χ1n) is 7.33. The van der Waals surface area contributed by atoms with Crippen molar-refractivity contribution in [1.29, 1.82) is 0 Å². The fraction of sp³-hybridized carbons (Fsp3) is 0.533. The highest BCUT2D eigenvalue weighted by molar-refractivity contribution is 5.79. The molecule has 0 radical (unpaired) electrons. The molecule has 8 heteroatoms. The molecular weight excluding hydrogens is 313 g/mol. The number of alkyl halides is 3. The molecule has 1 aromatic rings. The molecule has 128 valence electrons. The van der Waals surface area contributed by atoms with Crippen LogP contribution in [0.25, 0.3) is 0 Å². The summed E-state index contributed by atoms with van der Waals surface area (Å²) in [6, 6.07) is 5.47. The van der Waals surface area contributed by atoms with E-state index in [0.717, 1.165) is 0 Å². The minimum atomic E-state index is -4.74. The number of piperazine rings is 1. The zero-order chi connectivity index (χ0) is 16.9. The number of benzene rings is 1. The summed E-state index contributed by atoms with van der Waals surface area (Å²) in [5.41, 5.74) is 0.481. The lowest BCUT2D eigenvalue weighted by atomic mass is 10.1. The summed E-state index contributed by atoms with van der Waals surface area (Å²) in [6.45, 7) is 3.14. The molecule has 0 aromatic heterocycles. The van der Waals surface area contributed by atoms with Gasteiger partial charge in [0.2, 0.25) is 5.91 Å². The SMILES string of the molecule is O=C(Cc1cccc(OC(F)(F)F)c1)N1CCN(CCO)CC1. The predicted molar refractivity (Wildman–Crippen MR) is 76.9 cm³/mol. The van der Waals surface area contributed by atoms with Crippen LogP contribution >= 0.6 is 0 Å². The van der Waals surface area contributed by atoms with Gasteiger partial charge in [0.05, 0.1) is 13.0 Å². The number of carbonyl (C=O) groups excluding carboxylic acids is 1. The second-order valence-electron chi connectivity index (χ2n) is 5.32. The lowest BCUT2D eigenvalue weighted by molar-refractivity contribution is -0.274. The Bertz CT molecular complexity index is 529. The van der Waals surface area contributed by atoms with Crippen molar-refractivity contribution in [2.45, 2.75) is 12.8 Å². The van der Waals surface area contributed by atoms with Gasteiger partial charge in [0, 0.05) is 32.7 Å². The van der Waals surface area contributed by atoms with E-state index in [0.29, 0.717) is 38.3 Å². The van der Waals surface area contributed by atoms with Crippen LogP contribution in [0.15, 0.2) is 24.3 Å². The Morgan fingerprint density at radius 1 is 1.22 bits per heavy atom. The maximum absolute atomic E-state index is 12.2. The Morgan fingerprint density at radius 3 is 2.52 bits per heavy atom. The first kappa shape index (κ1) is 17.6. The number of halogens is 3. The molecule has 5 nitrogen and oxygen atoms in total. The smallest absolute Gasteiger partial charge is 0.406 e. The van der Waals surface area contributed by atoms with Gasteiger partial charge in [-0.3, -0.25) is 9.69 Å². The van der Waals surface area contributed by atoms with Crippen LogP contribution in [0.3, 0.4) is 0 Å². The lowest BCUT2D eigenvalue weighted by Gasteiger charge is -2.34. The first-order chi connectivity index (χ1) is 10.9. The molecule has 0 bridgehead atoms. The van der Waals surface area contributed by atoms with Crippen LogP contribution in [0.4, 0.5) is 13.2 Å². The quantitative estimate of drug-likeness (QED) is 0.882.